The predicted molar refractivity (Wildman–Crippen MR) is 118 cm³/mol. The van der Waals surface area contributed by atoms with Gasteiger partial charge in [0, 0.05) is 57.1 Å². The Morgan fingerprint density at radius 3 is 2.42 bits per heavy atom. The summed E-state index contributed by atoms with van der Waals surface area (Å²) in [5, 5.41) is 4.52. The molecule has 0 aliphatic carbocycles. The average Bonchev–Trinajstić information content (AvgIpc) is 3.33. The largest absolute Gasteiger partial charge is 0.497 e. The number of ether oxygens (including phenoxy) is 1. The Morgan fingerprint density at radius 2 is 1.81 bits per heavy atom. The lowest BCUT2D eigenvalue weighted by Gasteiger charge is -2.35. The molecule has 0 saturated carbocycles. The van der Waals surface area contributed by atoms with Gasteiger partial charge in [-0.05, 0) is 44.2 Å². The second-order valence-electron chi connectivity index (χ2n) is 8.42. The fourth-order valence-electron chi connectivity index (χ4n) is 4.47. The first kappa shape index (κ1) is 21.4. The molecule has 0 radical (unpaired) electrons. The number of aromatic nitrogens is 2. The molecule has 1 atom stereocenters. The number of rotatable bonds is 6. The number of hydrogen-bond acceptors (Lipinski definition) is 5. The SMILES string of the molecule is COc1ccc(N2CC(C(=O)N3CCN(CCn4nc(C)cc4C)CC3)CC2=O)cc1. The first-order valence-electron chi connectivity index (χ1n) is 10.9. The Morgan fingerprint density at radius 1 is 1.10 bits per heavy atom. The summed E-state index contributed by atoms with van der Waals surface area (Å²) in [5.41, 5.74) is 3.04. The number of benzene rings is 1. The summed E-state index contributed by atoms with van der Waals surface area (Å²) in [6.07, 6.45) is 0.281. The fourth-order valence-corrected chi connectivity index (χ4v) is 4.47. The zero-order valence-electron chi connectivity index (χ0n) is 18.6. The molecule has 166 valence electrons. The van der Waals surface area contributed by atoms with Crippen LogP contribution in [-0.2, 0) is 16.1 Å². The van der Waals surface area contributed by atoms with Crippen LogP contribution in [0, 0.1) is 19.8 Å². The molecule has 2 aliphatic rings. The number of carbonyl (C=O) groups excluding carboxylic acids is 2. The van der Waals surface area contributed by atoms with Gasteiger partial charge in [0.25, 0.3) is 0 Å². The average molecular weight is 426 g/mol. The van der Waals surface area contributed by atoms with Gasteiger partial charge in [-0.1, -0.05) is 0 Å². The van der Waals surface area contributed by atoms with Gasteiger partial charge in [0.15, 0.2) is 0 Å². The zero-order chi connectivity index (χ0) is 22.0. The van der Waals surface area contributed by atoms with Gasteiger partial charge in [-0.3, -0.25) is 19.2 Å². The fraction of sp³-hybridized carbons (Fsp3) is 0.522. The van der Waals surface area contributed by atoms with E-state index in [9.17, 15) is 9.59 Å². The van der Waals surface area contributed by atoms with Gasteiger partial charge < -0.3 is 14.5 Å². The van der Waals surface area contributed by atoms with E-state index in [4.69, 9.17) is 4.74 Å². The molecule has 1 aromatic heterocycles. The molecule has 0 bridgehead atoms. The van der Waals surface area contributed by atoms with Crippen LogP contribution >= 0.6 is 0 Å². The molecule has 1 unspecified atom stereocenters. The normalized spacial score (nSPS) is 19.8. The molecule has 31 heavy (non-hydrogen) atoms. The van der Waals surface area contributed by atoms with Crippen molar-refractivity contribution in [3.05, 3.63) is 41.7 Å². The van der Waals surface area contributed by atoms with E-state index in [1.54, 1.807) is 12.0 Å². The smallest absolute Gasteiger partial charge is 0.228 e. The number of aryl methyl sites for hydroxylation is 2. The van der Waals surface area contributed by atoms with Crippen LogP contribution in [0.5, 0.6) is 5.75 Å². The van der Waals surface area contributed by atoms with E-state index in [0.717, 1.165) is 43.3 Å². The van der Waals surface area contributed by atoms with Crippen LogP contribution in [0.25, 0.3) is 0 Å². The number of carbonyl (C=O) groups is 2. The quantitative estimate of drug-likeness (QED) is 0.705. The molecule has 0 N–H and O–H groups in total. The molecule has 2 amide bonds. The summed E-state index contributed by atoms with van der Waals surface area (Å²) in [4.78, 5) is 31.6. The Balaban J connectivity index is 1.27. The lowest BCUT2D eigenvalue weighted by molar-refractivity contribution is -0.137. The highest BCUT2D eigenvalue weighted by atomic mass is 16.5. The zero-order valence-corrected chi connectivity index (χ0v) is 18.6. The summed E-state index contributed by atoms with van der Waals surface area (Å²) in [7, 11) is 1.61. The van der Waals surface area contributed by atoms with E-state index < -0.39 is 0 Å². The molecule has 3 heterocycles. The minimum atomic E-state index is -0.268. The van der Waals surface area contributed by atoms with Gasteiger partial charge >= 0.3 is 0 Å². The molecule has 4 rings (SSSR count). The molecular formula is C23H31N5O3. The molecule has 2 fully saturated rings. The van der Waals surface area contributed by atoms with Crippen LogP contribution in [0.15, 0.2) is 30.3 Å². The maximum absolute atomic E-state index is 13.1. The Labute approximate surface area is 183 Å². The van der Waals surface area contributed by atoms with E-state index in [1.165, 1.54) is 5.69 Å². The molecular weight excluding hydrogens is 394 g/mol. The molecule has 8 heteroatoms. The first-order valence-corrected chi connectivity index (χ1v) is 10.9. The topological polar surface area (TPSA) is 70.9 Å². The summed E-state index contributed by atoms with van der Waals surface area (Å²) in [6.45, 7) is 9.46. The number of methoxy groups -OCH3 is 1. The number of hydrogen-bond donors (Lipinski definition) is 0. The van der Waals surface area contributed by atoms with Gasteiger partial charge in [0.1, 0.15) is 5.75 Å². The van der Waals surface area contributed by atoms with Crippen LogP contribution in [0.2, 0.25) is 0 Å². The van der Waals surface area contributed by atoms with Gasteiger partial charge in [-0.2, -0.15) is 5.10 Å². The van der Waals surface area contributed by atoms with E-state index in [-0.39, 0.29) is 24.2 Å². The van der Waals surface area contributed by atoms with Crippen LogP contribution in [-0.4, -0.2) is 77.8 Å². The van der Waals surface area contributed by atoms with Crippen molar-refractivity contribution in [1.29, 1.82) is 0 Å². The van der Waals surface area contributed by atoms with Crippen molar-refractivity contribution in [2.75, 3.05) is 51.3 Å². The van der Waals surface area contributed by atoms with Crippen LogP contribution in [0.1, 0.15) is 17.8 Å². The molecule has 2 aromatic rings. The van der Waals surface area contributed by atoms with Gasteiger partial charge in [-0.15, -0.1) is 0 Å². The van der Waals surface area contributed by atoms with Crippen molar-refractivity contribution >= 4 is 17.5 Å². The first-order chi connectivity index (χ1) is 14.9. The summed E-state index contributed by atoms with van der Waals surface area (Å²) < 4.78 is 7.23. The highest BCUT2D eigenvalue weighted by Crippen LogP contribution is 2.28. The monoisotopic (exact) mass is 425 g/mol. The number of anilines is 1. The standard InChI is InChI=1S/C23H31N5O3/c1-17-14-18(2)28(24-17)13-10-25-8-11-26(12-9-25)23(30)19-15-22(29)27(16-19)20-4-6-21(31-3)7-5-20/h4-7,14,19H,8-13,15-16H2,1-3H3. The van der Waals surface area contributed by atoms with Crippen LogP contribution in [0.4, 0.5) is 5.69 Å². The molecule has 8 nitrogen and oxygen atoms in total. The van der Waals surface area contributed by atoms with Crippen molar-refractivity contribution in [3.63, 3.8) is 0 Å². The molecule has 1 aromatic carbocycles. The second-order valence-corrected chi connectivity index (χ2v) is 8.42. The number of piperazine rings is 1. The molecule has 2 saturated heterocycles. The molecule has 2 aliphatic heterocycles. The summed E-state index contributed by atoms with van der Waals surface area (Å²) >= 11 is 0. The van der Waals surface area contributed by atoms with E-state index in [0.29, 0.717) is 19.6 Å². The Bertz CT molecular complexity index is 931. The third kappa shape index (κ3) is 4.74. The highest BCUT2D eigenvalue weighted by Gasteiger charge is 2.37. The summed E-state index contributed by atoms with van der Waals surface area (Å²) in [5.74, 6) is 0.587. The predicted octanol–water partition coefficient (Wildman–Crippen LogP) is 1.71. The van der Waals surface area contributed by atoms with Crippen molar-refractivity contribution < 1.29 is 14.3 Å². The van der Waals surface area contributed by atoms with Crippen molar-refractivity contribution in [3.8, 4) is 5.75 Å². The van der Waals surface area contributed by atoms with E-state index in [2.05, 4.69) is 23.0 Å². The van der Waals surface area contributed by atoms with Crippen LogP contribution in [0.3, 0.4) is 0 Å². The van der Waals surface area contributed by atoms with Gasteiger partial charge in [0.2, 0.25) is 11.8 Å². The maximum atomic E-state index is 13.1. The van der Waals surface area contributed by atoms with Crippen molar-refractivity contribution in [2.24, 2.45) is 5.92 Å². The number of amides is 2. The lowest BCUT2D eigenvalue weighted by Crippen LogP contribution is -2.51. The van der Waals surface area contributed by atoms with Gasteiger partial charge in [-0.25, -0.2) is 0 Å². The third-order valence-electron chi connectivity index (χ3n) is 6.27. The minimum absolute atomic E-state index is 0.00652. The minimum Gasteiger partial charge on any atom is -0.497 e. The number of nitrogens with zero attached hydrogens (tertiary/aromatic N) is 5. The Kier molecular flexibility index (Phi) is 6.27. The third-order valence-corrected chi connectivity index (χ3v) is 6.27. The Hall–Kier alpha value is -2.87. The second kappa shape index (κ2) is 9.09. The summed E-state index contributed by atoms with van der Waals surface area (Å²) in [6, 6.07) is 9.50. The maximum Gasteiger partial charge on any atom is 0.228 e. The van der Waals surface area contributed by atoms with Gasteiger partial charge in [0.05, 0.1) is 25.3 Å². The lowest BCUT2D eigenvalue weighted by atomic mass is 10.1. The molecule has 0 spiro atoms. The highest BCUT2D eigenvalue weighted by molar-refractivity contribution is 6.00. The van der Waals surface area contributed by atoms with Crippen LogP contribution < -0.4 is 9.64 Å². The van der Waals surface area contributed by atoms with E-state index >= 15 is 0 Å². The van der Waals surface area contributed by atoms with E-state index in [1.807, 2.05) is 40.8 Å². The van der Waals surface area contributed by atoms with Crippen molar-refractivity contribution in [1.82, 2.24) is 19.6 Å². The van der Waals surface area contributed by atoms with Crippen molar-refractivity contribution in [2.45, 2.75) is 26.8 Å².